The Balaban J connectivity index is 1.70. The lowest BCUT2D eigenvalue weighted by Crippen LogP contribution is -2.25. The number of aromatic nitrogens is 2. The molecule has 0 radical (unpaired) electrons. The highest BCUT2D eigenvalue weighted by atomic mass is 16.5. The van der Waals surface area contributed by atoms with Crippen LogP contribution in [0.1, 0.15) is 30.7 Å². The van der Waals surface area contributed by atoms with Gasteiger partial charge in [0, 0.05) is 32.5 Å². The molecule has 0 spiro atoms. The lowest BCUT2D eigenvalue weighted by atomic mass is 10.0. The van der Waals surface area contributed by atoms with Gasteiger partial charge in [0.1, 0.15) is 0 Å². The molecule has 0 bridgehead atoms. The van der Waals surface area contributed by atoms with Crippen LogP contribution >= 0.6 is 0 Å². The van der Waals surface area contributed by atoms with Crippen LogP contribution in [0.5, 0.6) is 0 Å². The lowest BCUT2D eigenvalue weighted by Gasteiger charge is -2.15. The Kier molecular flexibility index (Phi) is 3.61. The van der Waals surface area contributed by atoms with E-state index in [-0.39, 0.29) is 0 Å². The van der Waals surface area contributed by atoms with Gasteiger partial charge in [-0.2, -0.15) is 0 Å². The van der Waals surface area contributed by atoms with Crippen molar-refractivity contribution in [2.45, 2.75) is 32.7 Å². The molecule has 0 saturated heterocycles. The number of imidazole rings is 1. The van der Waals surface area contributed by atoms with E-state index in [0.717, 1.165) is 31.1 Å². The molecule has 1 saturated carbocycles. The zero-order chi connectivity index (χ0) is 11.4. The van der Waals surface area contributed by atoms with Crippen LogP contribution in [0.25, 0.3) is 0 Å². The molecule has 1 aliphatic carbocycles. The molecule has 2 rings (SSSR count). The second kappa shape index (κ2) is 4.97. The fourth-order valence-electron chi connectivity index (χ4n) is 2.02. The molecule has 0 aliphatic heterocycles. The smallest absolute Gasteiger partial charge is 0.0925 e. The van der Waals surface area contributed by atoms with E-state index in [0.29, 0.717) is 5.41 Å². The molecule has 2 N–H and O–H groups in total. The molecule has 0 atom stereocenters. The van der Waals surface area contributed by atoms with Crippen LogP contribution in [0.15, 0.2) is 6.33 Å². The number of aromatic amines is 1. The third-order valence-electron chi connectivity index (χ3n) is 3.52. The number of hydrogen-bond donors (Lipinski definition) is 2. The van der Waals surface area contributed by atoms with Crippen LogP contribution < -0.4 is 5.32 Å². The van der Waals surface area contributed by atoms with Crippen molar-refractivity contribution in [3.05, 3.63) is 17.7 Å². The first-order valence-electron chi connectivity index (χ1n) is 5.94. The Labute approximate surface area is 96.8 Å². The van der Waals surface area contributed by atoms with E-state index in [4.69, 9.17) is 4.74 Å². The molecule has 16 heavy (non-hydrogen) atoms. The average Bonchev–Trinajstić information content (AvgIpc) is 2.94. The van der Waals surface area contributed by atoms with Gasteiger partial charge in [0.2, 0.25) is 0 Å². The van der Waals surface area contributed by atoms with Crippen LogP contribution in [0.2, 0.25) is 0 Å². The van der Waals surface area contributed by atoms with Crippen molar-refractivity contribution >= 4 is 0 Å². The minimum Gasteiger partial charge on any atom is -0.385 e. The number of nitrogens with zero attached hydrogens (tertiary/aromatic N) is 1. The van der Waals surface area contributed by atoms with Crippen molar-refractivity contribution in [3.63, 3.8) is 0 Å². The first-order chi connectivity index (χ1) is 7.76. The summed E-state index contributed by atoms with van der Waals surface area (Å²) in [5.74, 6) is 0. The number of nitrogens with one attached hydrogen (secondary N) is 2. The van der Waals surface area contributed by atoms with Crippen molar-refractivity contribution < 1.29 is 4.74 Å². The van der Waals surface area contributed by atoms with E-state index >= 15 is 0 Å². The number of hydrogen-bond acceptors (Lipinski definition) is 3. The minimum atomic E-state index is 0.514. The predicted molar refractivity (Wildman–Crippen MR) is 63.2 cm³/mol. The topological polar surface area (TPSA) is 49.9 Å². The SMILES string of the molecule is COCCC1(CNCc2nc[nH]c2C)CC1. The number of H-pyrrole nitrogens is 1. The highest BCUT2D eigenvalue weighted by molar-refractivity contribution is 5.08. The van der Waals surface area contributed by atoms with E-state index in [1.165, 1.54) is 19.3 Å². The van der Waals surface area contributed by atoms with Crippen molar-refractivity contribution in [3.8, 4) is 0 Å². The van der Waals surface area contributed by atoms with E-state index < -0.39 is 0 Å². The Morgan fingerprint density at radius 1 is 1.56 bits per heavy atom. The molecule has 1 fully saturated rings. The van der Waals surface area contributed by atoms with Gasteiger partial charge in [-0.05, 0) is 31.6 Å². The molecule has 0 aromatic carbocycles. The van der Waals surface area contributed by atoms with Gasteiger partial charge in [-0.3, -0.25) is 0 Å². The Bertz CT molecular complexity index is 331. The van der Waals surface area contributed by atoms with Crippen LogP contribution in [-0.4, -0.2) is 30.2 Å². The summed E-state index contributed by atoms with van der Waals surface area (Å²) in [4.78, 5) is 7.37. The van der Waals surface area contributed by atoms with Gasteiger partial charge in [0.05, 0.1) is 12.0 Å². The molecule has 1 aromatic rings. The van der Waals surface area contributed by atoms with E-state index in [2.05, 4.69) is 22.2 Å². The standard InChI is InChI=1S/C12H21N3O/c1-10-11(15-9-14-10)7-13-8-12(3-4-12)5-6-16-2/h9,13H,3-8H2,1-2H3,(H,14,15). The van der Waals surface area contributed by atoms with Gasteiger partial charge < -0.3 is 15.0 Å². The largest absolute Gasteiger partial charge is 0.385 e. The van der Waals surface area contributed by atoms with Gasteiger partial charge >= 0.3 is 0 Å². The molecule has 1 aliphatic rings. The molecule has 1 heterocycles. The third kappa shape index (κ3) is 2.83. The molecular weight excluding hydrogens is 202 g/mol. The zero-order valence-electron chi connectivity index (χ0n) is 10.2. The zero-order valence-corrected chi connectivity index (χ0v) is 10.2. The first-order valence-corrected chi connectivity index (χ1v) is 5.94. The first kappa shape index (κ1) is 11.6. The van der Waals surface area contributed by atoms with Crippen molar-refractivity contribution in [1.29, 1.82) is 0 Å². The fraction of sp³-hybridized carbons (Fsp3) is 0.750. The normalized spacial score (nSPS) is 17.6. The van der Waals surface area contributed by atoms with Gasteiger partial charge in [-0.25, -0.2) is 4.98 Å². The average molecular weight is 223 g/mol. The maximum Gasteiger partial charge on any atom is 0.0925 e. The quantitative estimate of drug-likeness (QED) is 0.738. The van der Waals surface area contributed by atoms with Crippen molar-refractivity contribution in [1.82, 2.24) is 15.3 Å². The summed E-state index contributed by atoms with van der Waals surface area (Å²) in [5.41, 5.74) is 2.80. The summed E-state index contributed by atoms with van der Waals surface area (Å²) >= 11 is 0. The van der Waals surface area contributed by atoms with Crippen LogP contribution in [0.3, 0.4) is 0 Å². The Morgan fingerprint density at radius 2 is 2.38 bits per heavy atom. The molecule has 90 valence electrons. The maximum atomic E-state index is 5.14. The van der Waals surface area contributed by atoms with Crippen molar-refractivity contribution in [2.24, 2.45) is 5.41 Å². The van der Waals surface area contributed by atoms with E-state index in [1.807, 2.05) is 0 Å². The lowest BCUT2D eigenvalue weighted by molar-refractivity contribution is 0.171. The summed E-state index contributed by atoms with van der Waals surface area (Å²) in [7, 11) is 1.77. The van der Waals surface area contributed by atoms with Crippen LogP contribution in [0, 0.1) is 12.3 Å². The molecule has 4 nitrogen and oxygen atoms in total. The molecule has 1 aromatic heterocycles. The number of ether oxygens (including phenoxy) is 1. The van der Waals surface area contributed by atoms with E-state index in [1.54, 1.807) is 13.4 Å². The monoisotopic (exact) mass is 223 g/mol. The molecule has 0 amide bonds. The second-order valence-corrected chi connectivity index (χ2v) is 4.82. The van der Waals surface area contributed by atoms with Gasteiger partial charge in [-0.15, -0.1) is 0 Å². The Hall–Kier alpha value is -0.870. The van der Waals surface area contributed by atoms with Gasteiger partial charge in [0.25, 0.3) is 0 Å². The predicted octanol–water partition coefficient (Wildman–Crippen LogP) is 1.62. The third-order valence-corrected chi connectivity index (χ3v) is 3.52. The number of aryl methyl sites for hydroxylation is 1. The minimum absolute atomic E-state index is 0.514. The van der Waals surface area contributed by atoms with Gasteiger partial charge in [-0.1, -0.05) is 0 Å². The van der Waals surface area contributed by atoms with Crippen LogP contribution in [0.4, 0.5) is 0 Å². The number of methoxy groups -OCH3 is 1. The van der Waals surface area contributed by atoms with Gasteiger partial charge in [0.15, 0.2) is 0 Å². The molecular formula is C12H21N3O. The maximum absolute atomic E-state index is 5.14. The summed E-state index contributed by atoms with van der Waals surface area (Å²) in [6.07, 6.45) is 5.60. The van der Waals surface area contributed by atoms with Crippen molar-refractivity contribution in [2.75, 3.05) is 20.3 Å². The summed E-state index contributed by atoms with van der Waals surface area (Å²) in [6, 6.07) is 0. The fourth-order valence-corrected chi connectivity index (χ4v) is 2.02. The summed E-state index contributed by atoms with van der Waals surface area (Å²) in [6.45, 7) is 4.89. The second-order valence-electron chi connectivity index (χ2n) is 4.82. The molecule has 0 unspecified atom stereocenters. The summed E-state index contributed by atoms with van der Waals surface area (Å²) < 4.78 is 5.14. The highest BCUT2D eigenvalue weighted by Gasteiger charge is 2.41. The van der Waals surface area contributed by atoms with Crippen LogP contribution in [-0.2, 0) is 11.3 Å². The number of rotatable bonds is 7. The highest BCUT2D eigenvalue weighted by Crippen LogP contribution is 2.48. The summed E-state index contributed by atoms with van der Waals surface area (Å²) in [5, 5.41) is 3.50. The molecule has 4 heteroatoms. The Morgan fingerprint density at radius 3 is 2.94 bits per heavy atom. The van der Waals surface area contributed by atoms with E-state index in [9.17, 15) is 0 Å².